The van der Waals surface area contributed by atoms with E-state index in [0.717, 1.165) is 34.5 Å². The van der Waals surface area contributed by atoms with Gasteiger partial charge in [-0.1, -0.05) is 6.92 Å². The highest BCUT2D eigenvalue weighted by Crippen LogP contribution is 2.32. The quantitative estimate of drug-likeness (QED) is 0.860. The van der Waals surface area contributed by atoms with Crippen molar-refractivity contribution in [3.05, 3.63) is 28.4 Å². The zero-order chi connectivity index (χ0) is 15.4. The topological polar surface area (TPSA) is 67.3 Å². The molecule has 1 aromatic heterocycles. The maximum absolute atomic E-state index is 9.68. The molecule has 0 aliphatic heterocycles. The van der Waals surface area contributed by atoms with Crippen molar-refractivity contribution in [2.24, 2.45) is 0 Å². The van der Waals surface area contributed by atoms with Crippen molar-refractivity contribution >= 4 is 21.7 Å². The molecule has 0 unspecified atom stereocenters. The smallest absolute Gasteiger partial charge is 0.161 e. The van der Waals surface area contributed by atoms with E-state index in [-0.39, 0.29) is 5.75 Å². The molecule has 0 spiro atoms. The summed E-state index contributed by atoms with van der Waals surface area (Å²) in [6.07, 6.45) is 0.795. The minimum Gasteiger partial charge on any atom is -0.504 e. The molecule has 5 nitrogen and oxygen atoms in total. The summed E-state index contributed by atoms with van der Waals surface area (Å²) in [4.78, 5) is 9.11. The molecular weight excluding hydrogens is 334 g/mol. The molecule has 2 N–H and O–H groups in total. The molecule has 1 heterocycles. The third kappa shape index (κ3) is 3.26. The van der Waals surface area contributed by atoms with E-state index in [4.69, 9.17) is 4.74 Å². The van der Waals surface area contributed by atoms with Gasteiger partial charge in [0, 0.05) is 12.1 Å². The van der Waals surface area contributed by atoms with Crippen LogP contribution in [0.15, 0.2) is 22.7 Å². The number of hydrogen-bond acceptors (Lipinski definition) is 5. The maximum Gasteiger partial charge on any atom is 0.161 e. The number of aryl methyl sites for hydroxylation is 1. The van der Waals surface area contributed by atoms with Crippen LogP contribution >= 0.6 is 15.9 Å². The highest BCUT2D eigenvalue weighted by molar-refractivity contribution is 9.10. The number of aromatic hydroxyl groups is 1. The molecular formula is C15H18BrN3O2. The minimum atomic E-state index is 0.0981. The van der Waals surface area contributed by atoms with E-state index < -0.39 is 0 Å². The van der Waals surface area contributed by atoms with Crippen LogP contribution in [0.25, 0.3) is 11.4 Å². The van der Waals surface area contributed by atoms with Crippen LogP contribution in [-0.2, 0) is 6.42 Å². The first-order chi connectivity index (χ1) is 10.1. The number of nitrogens with one attached hydrogen (secondary N) is 1. The fraction of sp³-hybridized carbons (Fsp3) is 0.333. The van der Waals surface area contributed by atoms with Gasteiger partial charge in [-0.25, -0.2) is 9.97 Å². The third-order valence-electron chi connectivity index (χ3n) is 3.04. The van der Waals surface area contributed by atoms with Crippen LogP contribution < -0.4 is 10.1 Å². The number of halogens is 1. The summed E-state index contributed by atoms with van der Waals surface area (Å²) >= 11 is 3.54. The Balaban J connectivity index is 2.55. The number of phenols is 1. The Morgan fingerprint density at radius 2 is 2.05 bits per heavy atom. The fourth-order valence-electron chi connectivity index (χ4n) is 1.96. The van der Waals surface area contributed by atoms with Gasteiger partial charge < -0.3 is 15.2 Å². The number of phenolic OH excluding ortho intramolecular Hbond substituents is 1. The first-order valence-corrected chi connectivity index (χ1v) is 7.57. The molecule has 21 heavy (non-hydrogen) atoms. The van der Waals surface area contributed by atoms with Gasteiger partial charge >= 0.3 is 0 Å². The number of nitrogens with zero attached hydrogens (tertiary/aromatic N) is 2. The summed E-state index contributed by atoms with van der Waals surface area (Å²) in [6, 6.07) is 5.09. The molecule has 6 heteroatoms. The van der Waals surface area contributed by atoms with E-state index in [9.17, 15) is 5.11 Å². The van der Waals surface area contributed by atoms with Crippen LogP contribution in [-0.4, -0.2) is 28.7 Å². The van der Waals surface area contributed by atoms with E-state index in [0.29, 0.717) is 11.6 Å². The standard InChI is InChI=1S/C15H18BrN3O2/c1-4-10-13(16)15(17-5-2)19-14(18-10)9-6-7-11(20)12(8-9)21-3/h6-8,20H,4-5H2,1-3H3,(H,17,18,19). The maximum atomic E-state index is 9.68. The summed E-state index contributed by atoms with van der Waals surface area (Å²) in [5, 5.41) is 12.9. The van der Waals surface area contributed by atoms with Gasteiger partial charge in [0.15, 0.2) is 17.3 Å². The molecule has 0 saturated carbocycles. The van der Waals surface area contributed by atoms with E-state index in [1.54, 1.807) is 18.2 Å². The Labute approximate surface area is 132 Å². The number of aromatic nitrogens is 2. The van der Waals surface area contributed by atoms with Crippen LogP contribution in [0, 0.1) is 0 Å². The molecule has 0 radical (unpaired) electrons. The van der Waals surface area contributed by atoms with Crippen LogP contribution in [0.3, 0.4) is 0 Å². The van der Waals surface area contributed by atoms with Gasteiger partial charge in [0.1, 0.15) is 5.82 Å². The van der Waals surface area contributed by atoms with Gasteiger partial charge in [-0.15, -0.1) is 0 Å². The van der Waals surface area contributed by atoms with Gasteiger partial charge in [0.05, 0.1) is 17.3 Å². The van der Waals surface area contributed by atoms with Crippen LogP contribution in [0.2, 0.25) is 0 Å². The number of ether oxygens (including phenoxy) is 1. The number of benzene rings is 1. The molecule has 0 atom stereocenters. The van der Waals surface area contributed by atoms with E-state index in [2.05, 4.69) is 31.2 Å². The highest BCUT2D eigenvalue weighted by Gasteiger charge is 2.13. The van der Waals surface area contributed by atoms with Gasteiger partial charge in [-0.2, -0.15) is 0 Å². The number of rotatable bonds is 5. The second-order valence-electron chi connectivity index (χ2n) is 4.43. The number of hydrogen-bond donors (Lipinski definition) is 2. The molecule has 0 fully saturated rings. The second kappa shape index (κ2) is 6.76. The van der Waals surface area contributed by atoms with Crippen molar-refractivity contribution in [3.8, 4) is 22.9 Å². The monoisotopic (exact) mass is 351 g/mol. The van der Waals surface area contributed by atoms with Crippen molar-refractivity contribution in [1.29, 1.82) is 0 Å². The van der Waals surface area contributed by atoms with Gasteiger partial charge in [0.2, 0.25) is 0 Å². The van der Waals surface area contributed by atoms with E-state index in [1.807, 2.05) is 13.8 Å². The first-order valence-electron chi connectivity index (χ1n) is 6.78. The van der Waals surface area contributed by atoms with Crippen molar-refractivity contribution in [3.63, 3.8) is 0 Å². The molecule has 0 amide bonds. The zero-order valence-corrected chi connectivity index (χ0v) is 13.9. The Kier molecular flexibility index (Phi) is 5.01. The Morgan fingerprint density at radius 1 is 1.29 bits per heavy atom. The molecule has 0 bridgehead atoms. The summed E-state index contributed by atoms with van der Waals surface area (Å²) < 4.78 is 6.02. The summed E-state index contributed by atoms with van der Waals surface area (Å²) in [6.45, 7) is 4.84. The minimum absolute atomic E-state index is 0.0981. The Hall–Kier alpha value is -1.82. The van der Waals surface area contributed by atoms with Crippen LogP contribution in [0.1, 0.15) is 19.5 Å². The van der Waals surface area contributed by atoms with Crippen molar-refractivity contribution in [2.75, 3.05) is 19.0 Å². The SMILES string of the molecule is CCNc1nc(-c2ccc(O)c(OC)c2)nc(CC)c1Br. The predicted octanol–water partition coefficient (Wildman–Crippen LogP) is 3.61. The molecule has 0 saturated heterocycles. The van der Waals surface area contributed by atoms with Crippen molar-refractivity contribution in [2.45, 2.75) is 20.3 Å². The van der Waals surface area contributed by atoms with E-state index >= 15 is 0 Å². The fourth-order valence-corrected chi connectivity index (χ4v) is 2.56. The number of methoxy groups -OCH3 is 1. The van der Waals surface area contributed by atoms with Crippen LogP contribution in [0.5, 0.6) is 11.5 Å². The average Bonchev–Trinajstić information content (AvgIpc) is 2.50. The lowest BCUT2D eigenvalue weighted by Crippen LogP contribution is -2.05. The summed E-state index contributed by atoms with van der Waals surface area (Å²) in [5.41, 5.74) is 1.73. The normalized spacial score (nSPS) is 10.5. The van der Waals surface area contributed by atoms with Gasteiger partial charge in [-0.05, 0) is 47.5 Å². The molecule has 2 aromatic rings. The van der Waals surface area contributed by atoms with E-state index in [1.165, 1.54) is 7.11 Å². The lowest BCUT2D eigenvalue weighted by Gasteiger charge is -2.12. The molecule has 0 aliphatic rings. The van der Waals surface area contributed by atoms with Gasteiger partial charge in [-0.3, -0.25) is 0 Å². The highest BCUT2D eigenvalue weighted by atomic mass is 79.9. The predicted molar refractivity (Wildman–Crippen MR) is 86.9 cm³/mol. The molecule has 2 rings (SSSR count). The van der Waals surface area contributed by atoms with Crippen molar-refractivity contribution < 1.29 is 9.84 Å². The molecule has 1 aromatic carbocycles. The first kappa shape index (κ1) is 15.6. The zero-order valence-electron chi connectivity index (χ0n) is 12.3. The third-order valence-corrected chi connectivity index (χ3v) is 3.87. The van der Waals surface area contributed by atoms with Crippen LogP contribution in [0.4, 0.5) is 5.82 Å². The van der Waals surface area contributed by atoms with Crippen molar-refractivity contribution in [1.82, 2.24) is 9.97 Å². The summed E-state index contributed by atoms with van der Waals surface area (Å²) in [5.74, 6) is 1.87. The summed E-state index contributed by atoms with van der Waals surface area (Å²) in [7, 11) is 1.52. The molecule has 112 valence electrons. The Bertz CT molecular complexity index is 647. The lowest BCUT2D eigenvalue weighted by molar-refractivity contribution is 0.373. The lowest BCUT2D eigenvalue weighted by atomic mass is 10.1. The second-order valence-corrected chi connectivity index (χ2v) is 5.22. The largest absolute Gasteiger partial charge is 0.504 e. The average molecular weight is 352 g/mol. The Morgan fingerprint density at radius 3 is 2.67 bits per heavy atom. The number of anilines is 1. The van der Waals surface area contributed by atoms with Gasteiger partial charge in [0.25, 0.3) is 0 Å². The molecule has 0 aliphatic carbocycles.